The van der Waals surface area contributed by atoms with Gasteiger partial charge in [-0.25, -0.2) is 14.4 Å². The first-order valence-corrected chi connectivity index (χ1v) is 13.2. The Labute approximate surface area is 240 Å². The van der Waals surface area contributed by atoms with Crippen molar-refractivity contribution < 1.29 is 33.3 Å². The topological polar surface area (TPSA) is 125 Å². The van der Waals surface area contributed by atoms with Crippen LogP contribution in [0.3, 0.4) is 0 Å². The van der Waals surface area contributed by atoms with Gasteiger partial charge in [0.05, 0.1) is 23.7 Å². The molecule has 0 radical (unpaired) electrons. The van der Waals surface area contributed by atoms with Gasteiger partial charge in [0.2, 0.25) is 0 Å². The molecule has 218 valence electrons. The predicted molar refractivity (Wildman–Crippen MR) is 155 cm³/mol. The number of ether oxygens (including phenoxy) is 4. The number of nitrogens with one attached hydrogen (secondary N) is 2. The fraction of sp³-hybridized carbons (Fsp3) is 0.355. The SMILES string of the molecule is COCCOC(=O)C1=C(C)NC(C)=C(C(=O)OC/C=C/c2ccncc2)C1c1cccc(NC(=O)OC(C)(C)C)c1. The van der Waals surface area contributed by atoms with Crippen LogP contribution >= 0.6 is 0 Å². The van der Waals surface area contributed by atoms with Crippen LogP contribution in [0.25, 0.3) is 6.08 Å². The van der Waals surface area contributed by atoms with Crippen LogP contribution in [0.5, 0.6) is 0 Å². The van der Waals surface area contributed by atoms with Crippen LogP contribution in [0.4, 0.5) is 10.5 Å². The first kappa shape index (κ1) is 31.1. The van der Waals surface area contributed by atoms with E-state index >= 15 is 0 Å². The van der Waals surface area contributed by atoms with Crippen LogP contribution < -0.4 is 10.6 Å². The van der Waals surface area contributed by atoms with Crippen molar-refractivity contribution in [3.8, 4) is 0 Å². The van der Waals surface area contributed by atoms with E-state index in [2.05, 4.69) is 15.6 Å². The Kier molecular flexibility index (Phi) is 10.8. The van der Waals surface area contributed by atoms with Crippen molar-refractivity contribution in [1.29, 1.82) is 0 Å². The fourth-order valence-corrected chi connectivity index (χ4v) is 4.24. The molecular formula is C31H37N3O7. The van der Waals surface area contributed by atoms with E-state index in [0.717, 1.165) is 5.56 Å². The molecule has 41 heavy (non-hydrogen) atoms. The van der Waals surface area contributed by atoms with Gasteiger partial charge in [0.25, 0.3) is 0 Å². The molecule has 1 aromatic heterocycles. The number of carbonyl (C=O) groups is 3. The van der Waals surface area contributed by atoms with Gasteiger partial charge < -0.3 is 24.3 Å². The fourth-order valence-electron chi connectivity index (χ4n) is 4.24. The average Bonchev–Trinajstić information content (AvgIpc) is 2.90. The minimum absolute atomic E-state index is 0.0151. The summed E-state index contributed by atoms with van der Waals surface area (Å²) in [6.07, 6.45) is 6.26. The van der Waals surface area contributed by atoms with E-state index in [1.54, 1.807) is 77.4 Å². The molecule has 3 rings (SSSR count). The number of anilines is 1. The maximum atomic E-state index is 13.5. The number of aromatic nitrogens is 1. The van der Waals surface area contributed by atoms with Crippen LogP contribution in [-0.2, 0) is 28.5 Å². The maximum Gasteiger partial charge on any atom is 0.412 e. The molecule has 0 spiro atoms. The molecule has 1 aliphatic rings. The number of esters is 2. The number of nitrogens with zero attached hydrogens (tertiary/aromatic N) is 1. The first-order chi connectivity index (χ1) is 19.5. The number of rotatable bonds is 10. The molecule has 1 unspecified atom stereocenters. The van der Waals surface area contributed by atoms with Crippen molar-refractivity contribution in [1.82, 2.24) is 10.3 Å². The molecule has 1 aromatic carbocycles. The zero-order chi connectivity index (χ0) is 30.0. The number of pyridine rings is 1. The Bertz CT molecular complexity index is 1340. The molecule has 2 N–H and O–H groups in total. The van der Waals surface area contributed by atoms with Gasteiger partial charge in [0, 0.05) is 36.6 Å². The number of allylic oxidation sites excluding steroid dienone is 2. The molecule has 2 aromatic rings. The third-order valence-corrected chi connectivity index (χ3v) is 5.91. The normalized spacial score (nSPS) is 15.4. The van der Waals surface area contributed by atoms with Gasteiger partial charge in [0.1, 0.15) is 18.8 Å². The van der Waals surface area contributed by atoms with Crippen molar-refractivity contribution in [3.63, 3.8) is 0 Å². The van der Waals surface area contributed by atoms with Crippen molar-refractivity contribution in [2.45, 2.75) is 46.1 Å². The van der Waals surface area contributed by atoms with Crippen LogP contribution in [0.15, 0.2) is 77.4 Å². The summed E-state index contributed by atoms with van der Waals surface area (Å²) in [5.74, 6) is -2.03. The lowest BCUT2D eigenvalue weighted by molar-refractivity contribution is -0.140. The Balaban J connectivity index is 1.94. The van der Waals surface area contributed by atoms with Crippen LogP contribution in [0.2, 0.25) is 0 Å². The minimum atomic E-state index is -0.830. The molecular weight excluding hydrogens is 526 g/mol. The van der Waals surface area contributed by atoms with Gasteiger partial charge in [-0.2, -0.15) is 0 Å². The summed E-state index contributed by atoms with van der Waals surface area (Å²) in [6, 6.07) is 10.6. The molecule has 0 fully saturated rings. The molecule has 0 saturated carbocycles. The Morgan fingerprint density at radius 1 is 0.976 bits per heavy atom. The third-order valence-electron chi connectivity index (χ3n) is 5.91. The standard InChI is InChI=1S/C31H37N3O7/c1-20-25(28(35)39-16-8-9-22-12-14-32-15-13-22)27(26(21(2)33-20)29(36)40-18-17-38-6)23-10-7-11-24(19-23)34-30(37)41-31(3,4)5/h7-15,19,27,33H,16-18H2,1-6H3,(H,34,37)/b9-8+. The highest BCUT2D eigenvalue weighted by molar-refractivity contribution is 6.00. The summed E-state index contributed by atoms with van der Waals surface area (Å²) >= 11 is 0. The first-order valence-electron chi connectivity index (χ1n) is 13.2. The van der Waals surface area contributed by atoms with Crippen LogP contribution in [0.1, 0.15) is 51.7 Å². The Morgan fingerprint density at radius 2 is 1.63 bits per heavy atom. The smallest absolute Gasteiger partial charge is 0.412 e. The van der Waals surface area contributed by atoms with Crippen LogP contribution in [0, 0.1) is 0 Å². The zero-order valence-corrected chi connectivity index (χ0v) is 24.3. The van der Waals surface area contributed by atoms with Crippen LogP contribution in [-0.4, -0.2) is 55.5 Å². The highest BCUT2D eigenvalue weighted by Gasteiger charge is 2.38. The molecule has 1 aliphatic heterocycles. The Morgan fingerprint density at radius 3 is 2.27 bits per heavy atom. The molecule has 0 bridgehead atoms. The number of amides is 1. The average molecular weight is 564 g/mol. The third kappa shape index (κ3) is 9.04. The largest absolute Gasteiger partial charge is 0.460 e. The van der Waals surface area contributed by atoms with Gasteiger partial charge in [-0.15, -0.1) is 0 Å². The lowest BCUT2D eigenvalue weighted by atomic mass is 9.80. The van der Waals surface area contributed by atoms with Crippen molar-refractivity contribution in [2.75, 3.05) is 32.2 Å². The molecule has 1 amide bonds. The van der Waals surface area contributed by atoms with E-state index in [1.165, 1.54) is 7.11 Å². The number of hydrogen-bond acceptors (Lipinski definition) is 9. The molecule has 2 heterocycles. The number of hydrogen-bond donors (Lipinski definition) is 2. The Hall–Kier alpha value is -4.44. The van der Waals surface area contributed by atoms with Gasteiger partial charge >= 0.3 is 18.0 Å². The molecule has 1 atom stereocenters. The summed E-state index contributed by atoms with van der Waals surface area (Å²) in [5.41, 5.74) is 2.82. The van der Waals surface area contributed by atoms with E-state index in [9.17, 15) is 14.4 Å². The van der Waals surface area contributed by atoms with E-state index in [-0.39, 0.29) is 31.0 Å². The quantitative estimate of drug-likeness (QED) is 0.230. The summed E-state index contributed by atoms with van der Waals surface area (Å²) in [4.78, 5) is 43.2. The summed E-state index contributed by atoms with van der Waals surface area (Å²) in [5, 5.41) is 5.85. The number of carbonyl (C=O) groups excluding carboxylic acids is 3. The van der Waals surface area contributed by atoms with Gasteiger partial charge in [-0.1, -0.05) is 18.2 Å². The molecule has 0 aliphatic carbocycles. The van der Waals surface area contributed by atoms with Crippen molar-refractivity contribution in [2.24, 2.45) is 0 Å². The second-order valence-corrected chi connectivity index (χ2v) is 10.3. The van der Waals surface area contributed by atoms with E-state index < -0.39 is 29.6 Å². The summed E-state index contributed by atoms with van der Waals surface area (Å²) in [6.45, 7) is 9.07. The number of methoxy groups -OCH3 is 1. The molecule has 10 nitrogen and oxygen atoms in total. The number of dihydropyridines is 1. The lowest BCUT2D eigenvalue weighted by Gasteiger charge is -2.30. The van der Waals surface area contributed by atoms with Crippen molar-refractivity contribution in [3.05, 3.63) is 88.5 Å². The van der Waals surface area contributed by atoms with E-state index in [1.807, 2.05) is 18.2 Å². The highest BCUT2D eigenvalue weighted by atomic mass is 16.6. The number of benzene rings is 1. The van der Waals surface area contributed by atoms with Gasteiger partial charge in [-0.3, -0.25) is 10.3 Å². The molecule has 10 heteroatoms. The van der Waals surface area contributed by atoms with Gasteiger partial charge in [0.15, 0.2) is 0 Å². The van der Waals surface area contributed by atoms with E-state index in [0.29, 0.717) is 22.6 Å². The summed E-state index contributed by atoms with van der Waals surface area (Å²) in [7, 11) is 1.51. The summed E-state index contributed by atoms with van der Waals surface area (Å²) < 4.78 is 21.5. The monoisotopic (exact) mass is 563 g/mol. The maximum absolute atomic E-state index is 13.5. The highest BCUT2D eigenvalue weighted by Crippen LogP contribution is 2.40. The lowest BCUT2D eigenvalue weighted by Crippen LogP contribution is -2.33. The zero-order valence-electron chi connectivity index (χ0n) is 24.3. The predicted octanol–water partition coefficient (Wildman–Crippen LogP) is 5.11. The van der Waals surface area contributed by atoms with Gasteiger partial charge in [-0.05, 0) is 76.1 Å². The van der Waals surface area contributed by atoms with Crippen molar-refractivity contribution >= 4 is 29.8 Å². The van der Waals surface area contributed by atoms with E-state index in [4.69, 9.17) is 18.9 Å². The molecule has 0 saturated heterocycles. The second kappa shape index (κ2) is 14.3. The minimum Gasteiger partial charge on any atom is -0.460 e. The second-order valence-electron chi connectivity index (χ2n) is 10.3.